The molecule has 8 N–H and O–H groups in total. The molecule has 2 amide bonds. The topological polar surface area (TPSA) is 251 Å². The Balaban J connectivity index is 2.30. The highest BCUT2D eigenvalue weighted by Crippen LogP contribution is 2.29. The van der Waals surface area contributed by atoms with E-state index in [1.165, 1.54) is 0 Å². The maximum absolute atomic E-state index is 11.6. The third kappa shape index (κ3) is 7.23. The van der Waals surface area contributed by atoms with E-state index in [1.54, 1.807) is 0 Å². The number of aliphatic hydroxyl groups excluding tert-OH is 5. The van der Waals surface area contributed by atoms with Gasteiger partial charge in [0.25, 0.3) is 0 Å². The highest BCUT2D eigenvalue weighted by Gasteiger charge is 2.51. The second kappa shape index (κ2) is 11.3. The lowest BCUT2D eigenvalue weighted by atomic mass is 9.94. The predicted molar refractivity (Wildman–Crippen MR) is 102 cm³/mol. The zero-order valence-corrected chi connectivity index (χ0v) is 18.4. The first-order chi connectivity index (χ1) is 15.2. The van der Waals surface area contributed by atoms with Crippen molar-refractivity contribution in [3.05, 3.63) is 0 Å². The fourth-order valence-corrected chi connectivity index (χ4v) is 3.83. The van der Waals surface area contributed by atoms with Crippen molar-refractivity contribution < 1.29 is 66.5 Å². The largest absolute Gasteiger partial charge is 0.397 e. The monoisotopic (exact) mass is 504 g/mol. The Kier molecular flexibility index (Phi) is 9.48. The van der Waals surface area contributed by atoms with Gasteiger partial charge in [-0.15, -0.1) is 0 Å². The average Bonchev–Trinajstić information content (AvgIpc) is 2.70. The van der Waals surface area contributed by atoms with Crippen LogP contribution in [0, 0.1) is 0 Å². The van der Waals surface area contributed by atoms with Crippen LogP contribution < -0.4 is 10.6 Å². The second-order valence-corrected chi connectivity index (χ2v) is 8.62. The van der Waals surface area contributed by atoms with E-state index < -0.39 is 96.7 Å². The third-order valence-corrected chi connectivity index (χ3v) is 5.42. The van der Waals surface area contributed by atoms with Crippen molar-refractivity contribution in [3.8, 4) is 0 Å². The van der Waals surface area contributed by atoms with E-state index in [0.29, 0.717) is 0 Å². The van der Waals surface area contributed by atoms with Crippen LogP contribution in [-0.4, -0.2) is 125 Å². The number of hydrogen-bond donors (Lipinski definition) is 8. The molecular formula is C16H28N2O14S. The summed E-state index contributed by atoms with van der Waals surface area (Å²) in [4.78, 5) is 23.0. The van der Waals surface area contributed by atoms with Crippen molar-refractivity contribution in [1.82, 2.24) is 10.6 Å². The lowest BCUT2D eigenvalue weighted by Gasteiger charge is -2.47. The molecule has 0 spiro atoms. The van der Waals surface area contributed by atoms with Crippen LogP contribution in [0.5, 0.6) is 0 Å². The van der Waals surface area contributed by atoms with E-state index in [4.69, 9.17) is 18.8 Å². The van der Waals surface area contributed by atoms with Crippen LogP contribution in [0.25, 0.3) is 0 Å². The van der Waals surface area contributed by atoms with E-state index in [9.17, 15) is 43.5 Å². The standard InChI is InChI=1S/C16H28N2O14S/c1-5(20)17-9-13(24)14(7(3-19)30-15(9)25)32-16-10(18-6(2)21)12(23)11(22)8(31-16)4-29-33(26,27)28/h7-16,19,22-25H,3-4H2,1-2H3,(H,17,20)(H,18,21)(H,26,27,28)/t7-,8-,9-,10-,11-,12-,13-,14-,15+,16+/m1/s1. The van der Waals surface area contributed by atoms with Crippen molar-refractivity contribution in [1.29, 1.82) is 0 Å². The smallest absolute Gasteiger partial charge is 0.394 e. The molecule has 0 aromatic carbocycles. The number of nitrogens with one attached hydrogen (secondary N) is 2. The van der Waals surface area contributed by atoms with Gasteiger partial charge in [-0.3, -0.25) is 14.1 Å². The van der Waals surface area contributed by atoms with Gasteiger partial charge in [0.05, 0.1) is 13.2 Å². The van der Waals surface area contributed by atoms with E-state index in [0.717, 1.165) is 13.8 Å². The molecule has 0 bridgehead atoms. The fraction of sp³-hybridized carbons (Fsp3) is 0.875. The van der Waals surface area contributed by atoms with Crippen LogP contribution in [0.4, 0.5) is 0 Å². The van der Waals surface area contributed by atoms with Gasteiger partial charge < -0.3 is 50.4 Å². The van der Waals surface area contributed by atoms with E-state index >= 15 is 0 Å². The predicted octanol–water partition coefficient (Wildman–Crippen LogP) is -5.28. The first-order valence-electron chi connectivity index (χ1n) is 9.70. The number of carbonyl (C=O) groups is 2. The minimum atomic E-state index is -4.93. The summed E-state index contributed by atoms with van der Waals surface area (Å²) in [5.41, 5.74) is 0. The maximum Gasteiger partial charge on any atom is 0.397 e. The first kappa shape index (κ1) is 27.7. The number of hydrogen-bond acceptors (Lipinski definition) is 13. The minimum Gasteiger partial charge on any atom is -0.394 e. The van der Waals surface area contributed by atoms with Gasteiger partial charge in [-0.05, 0) is 0 Å². The molecule has 2 aliphatic heterocycles. The zero-order valence-electron chi connectivity index (χ0n) is 17.5. The normalized spacial score (nSPS) is 39.6. The van der Waals surface area contributed by atoms with Gasteiger partial charge in [0, 0.05) is 13.8 Å². The first-order valence-corrected chi connectivity index (χ1v) is 11.1. The van der Waals surface area contributed by atoms with Crippen LogP contribution in [-0.2, 0) is 38.4 Å². The zero-order chi connectivity index (χ0) is 25.1. The molecule has 0 radical (unpaired) electrons. The molecule has 10 atom stereocenters. The van der Waals surface area contributed by atoms with Gasteiger partial charge in [0.15, 0.2) is 12.6 Å². The quantitative estimate of drug-likeness (QED) is 0.144. The van der Waals surface area contributed by atoms with E-state index in [1.807, 2.05) is 0 Å². The summed E-state index contributed by atoms with van der Waals surface area (Å²) in [6.45, 7) is 0.470. The summed E-state index contributed by atoms with van der Waals surface area (Å²) in [6.07, 6.45) is -13.2. The SMILES string of the molecule is CC(=O)N[C@@H]1[C@@H](O)[C@H](O[C@@H]2O[C@H](COS(=O)(=O)O)[C@@H](O)[C@H](O)[C@H]2NC(C)=O)[C@@H](CO)O[C@@H]1O. The number of carbonyl (C=O) groups excluding carboxylic acids is 2. The molecule has 0 saturated carbocycles. The van der Waals surface area contributed by atoms with E-state index in [-0.39, 0.29) is 0 Å². The molecule has 16 nitrogen and oxygen atoms in total. The molecule has 2 rings (SSSR count). The van der Waals surface area contributed by atoms with Gasteiger partial charge in [0.1, 0.15) is 48.7 Å². The van der Waals surface area contributed by atoms with Gasteiger partial charge >= 0.3 is 10.4 Å². The maximum atomic E-state index is 11.6. The molecule has 0 aromatic rings. The van der Waals surface area contributed by atoms with E-state index in [2.05, 4.69) is 14.8 Å². The van der Waals surface area contributed by atoms with Gasteiger partial charge in [-0.25, -0.2) is 4.18 Å². The average molecular weight is 504 g/mol. The Morgan fingerprint density at radius 2 is 1.48 bits per heavy atom. The Morgan fingerprint density at radius 3 is 2.00 bits per heavy atom. The minimum absolute atomic E-state index is 0.631. The molecule has 2 heterocycles. The lowest BCUT2D eigenvalue weighted by Crippen LogP contribution is -2.69. The molecule has 0 aromatic heterocycles. The fourth-order valence-electron chi connectivity index (χ4n) is 3.52. The Morgan fingerprint density at radius 1 is 0.909 bits per heavy atom. The van der Waals surface area contributed by atoms with Crippen molar-refractivity contribution in [2.24, 2.45) is 0 Å². The molecular weight excluding hydrogens is 476 g/mol. The van der Waals surface area contributed by atoms with Gasteiger partial charge in [-0.2, -0.15) is 8.42 Å². The van der Waals surface area contributed by atoms with Crippen LogP contribution >= 0.6 is 0 Å². The summed E-state index contributed by atoms with van der Waals surface area (Å²) in [5.74, 6) is -1.31. The molecule has 2 fully saturated rings. The lowest BCUT2D eigenvalue weighted by molar-refractivity contribution is -0.327. The summed E-state index contributed by atoms with van der Waals surface area (Å²) in [5, 5.41) is 55.5. The van der Waals surface area contributed by atoms with Crippen LogP contribution in [0.1, 0.15) is 13.8 Å². The van der Waals surface area contributed by atoms with Crippen LogP contribution in [0.2, 0.25) is 0 Å². The van der Waals surface area contributed by atoms with Gasteiger partial charge in [-0.1, -0.05) is 0 Å². The number of ether oxygens (including phenoxy) is 3. The van der Waals surface area contributed by atoms with Crippen molar-refractivity contribution >= 4 is 22.2 Å². The number of aliphatic hydroxyl groups is 5. The number of rotatable bonds is 8. The highest BCUT2D eigenvalue weighted by molar-refractivity contribution is 7.80. The highest BCUT2D eigenvalue weighted by atomic mass is 32.3. The summed E-state index contributed by atoms with van der Waals surface area (Å²) >= 11 is 0. The molecule has 0 unspecified atom stereocenters. The molecule has 0 aliphatic carbocycles. The van der Waals surface area contributed by atoms with Crippen LogP contribution in [0.3, 0.4) is 0 Å². The summed E-state index contributed by atoms with van der Waals surface area (Å²) in [6, 6.07) is -2.86. The van der Waals surface area contributed by atoms with Crippen molar-refractivity contribution in [2.75, 3.05) is 13.2 Å². The van der Waals surface area contributed by atoms with Crippen molar-refractivity contribution in [3.63, 3.8) is 0 Å². The molecule has 192 valence electrons. The molecule has 2 saturated heterocycles. The molecule has 2 aliphatic rings. The van der Waals surface area contributed by atoms with Crippen LogP contribution in [0.15, 0.2) is 0 Å². The van der Waals surface area contributed by atoms with Gasteiger partial charge in [0.2, 0.25) is 11.8 Å². The molecule has 33 heavy (non-hydrogen) atoms. The Labute approximate surface area is 188 Å². The second-order valence-electron chi connectivity index (χ2n) is 7.53. The van der Waals surface area contributed by atoms with Crippen molar-refractivity contribution in [2.45, 2.75) is 75.1 Å². The Bertz CT molecular complexity index is 796. The number of amides is 2. The Hall–Kier alpha value is -1.51. The molecule has 17 heteroatoms. The summed E-state index contributed by atoms with van der Waals surface area (Å²) < 4.78 is 50.9. The third-order valence-electron chi connectivity index (χ3n) is 4.99. The summed E-state index contributed by atoms with van der Waals surface area (Å²) in [7, 11) is -4.93.